The van der Waals surface area contributed by atoms with E-state index in [4.69, 9.17) is 4.74 Å². The Bertz CT molecular complexity index is 310. The molecule has 1 aliphatic rings. The Hall–Kier alpha value is -0.550. The Balaban J connectivity index is 2.23. The molecule has 0 aromatic carbocycles. The van der Waals surface area contributed by atoms with E-state index >= 15 is 0 Å². The van der Waals surface area contributed by atoms with Gasteiger partial charge in [-0.3, -0.25) is 0 Å². The van der Waals surface area contributed by atoms with E-state index in [-0.39, 0.29) is 0 Å². The standard InChI is InChI=1S/C7H7BrN2OS/c8-6-2-1-5(12-6)7-10-9-3-4-11-7/h1-2,9H,3-4H2. The highest BCUT2D eigenvalue weighted by Gasteiger charge is 2.10. The summed E-state index contributed by atoms with van der Waals surface area (Å²) in [6.45, 7) is 1.48. The Kier molecular flexibility index (Phi) is 2.32. The minimum atomic E-state index is 0.689. The molecule has 0 saturated heterocycles. The number of nitrogens with one attached hydrogen (secondary N) is 1. The molecule has 2 rings (SSSR count). The van der Waals surface area contributed by atoms with Crippen molar-refractivity contribution in [1.82, 2.24) is 5.43 Å². The van der Waals surface area contributed by atoms with Crippen molar-refractivity contribution in [3.63, 3.8) is 0 Å². The van der Waals surface area contributed by atoms with E-state index in [1.165, 1.54) is 0 Å². The van der Waals surface area contributed by atoms with Gasteiger partial charge in [-0.15, -0.1) is 16.4 Å². The third-order valence-corrected chi connectivity index (χ3v) is 3.03. The van der Waals surface area contributed by atoms with Crippen LogP contribution in [0.15, 0.2) is 21.0 Å². The van der Waals surface area contributed by atoms with E-state index in [1.54, 1.807) is 11.3 Å². The number of ether oxygens (including phenoxy) is 1. The van der Waals surface area contributed by atoms with Crippen molar-refractivity contribution in [2.45, 2.75) is 0 Å². The van der Waals surface area contributed by atoms with Gasteiger partial charge in [-0.25, -0.2) is 0 Å². The monoisotopic (exact) mass is 246 g/mol. The fourth-order valence-electron chi connectivity index (χ4n) is 0.909. The van der Waals surface area contributed by atoms with Crippen LogP contribution in [0.3, 0.4) is 0 Å². The van der Waals surface area contributed by atoms with Gasteiger partial charge >= 0.3 is 0 Å². The van der Waals surface area contributed by atoms with E-state index in [0.717, 1.165) is 15.2 Å². The van der Waals surface area contributed by atoms with Crippen LogP contribution in [0.4, 0.5) is 0 Å². The van der Waals surface area contributed by atoms with Gasteiger partial charge in [0.15, 0.2) is 0 Å². The molecule has 0 atom stereocenters. The van der Waals surface area contributed by atoms with Gasteiger partial charge in [-0.1, -0.05) is 0 Å². The SMILES string of the molecule is Brc1ccc(C2=NNCCO2)s1. The highest BCUT2D eigenvalue weighted by Crippen LogP contribution is 2.23. The molecule has 2 heterocycles. The van der Waals surface area contributed by atoms with Crippen LogP contribution in [0.5, 0.6) is 0 Å². The Morgan fingerprint density at radius 3 is 3.08 bits per heavy atom. The van der Waals surface area contributed by atoms with Gasteiger partial charge in [0.25, 0.3) is 0 Å². The highest BCUT2D eigenvalue weighted by atomic mass is 79.9. The number of halogens is 1. The van der Waals surface area contributed by atoms with E-state index in [0.29, 0.717) is 12.5 Å². The number of thiophene rings is 1. The smallest absolute Gasteiger partial charge is 0.248 e. The van der Waals surface area contributed by atoms with Crippen molar-refractivity contribution in [2.24, 2.45) is 5.10 Å². The molecule has 1 aliphatic heterocycles. The first-order valence-electron chi connectivity index (χ1n) is 3.55. The van der Waals surface area contributed by atoms with Crippen molar-refractivity contribution >= 4 is 33.2 Å². The van der Waals surface area contributed by atoms with Crippen LogP contribution in [0.2, 0.25) is 0 Å². The Morgan fingerprint density at radius 1 is 1.58 bits per heavy atom. The third kappa shape index (κ3) is 1.61. The van der Waals surface area contributed by atoms with Gasteiger partial charge in [-0.2, -0.15) is 0 Å². The zero-order valence-corrected chi connectivity index (χ0v) is 8.61. The molecule has 64 valence electrons. The quantitative estimate of drug-likeness (QED) is 0.820. The van der Waals surface area contributed by atoms with Crippen LogP contribution in [-0.2, 0) is 4.74 Å². The lowest BCUT2D eigenvalue weighted by molar-refractivity contribution is 0.280. The van der Waals surface area contributed by atoms with Gasteiger partial charge in [-0.05, 0) is 28.1 Å². The summed E-state index contributed by atoms with van der Waals surface area (Å²) in [7, 11) is 0. The molecule has 12 heavy (non-hydrogen) atoms. The van der Waals surface area contributed by atoms with Crippen molar-refractivity contribution in [1.29, 1.82) is 0 Å². The maximum absolute atomic E-state index is 5.35. The lowest BCUT2D eigenvalue weighted by atomic mass is 10.4. The number of nitrogens with zero attached hydrogens (tertiary/aromatic N) is 1. The van der Waals surface area contributed by atoms with Gasteiger partial charge in [0.1, 0.15) is 6.61 Å². The first kappa shape index (κ1) is 8.07. The summed E-state index contributed by atoms with van der Waals surface area (Å²) in [5, 5.41) is 4.05. The average molecular weight is 247 g/mol. The molecule has 1 aromatic heterocycles. The van der Waals surface area contributed by atoms with Gasteiger partial charge < -0.3 is 10.2 Å². The molecule has 0 spiro atoms. The Labute approximate surface area is 82.6 Å². The van der Waals surface area contributed by atoms with Crippen LogP contribution in [0.1, 0.15) is 4.88 Å². The van der Waals surface area contributed by atoms with E-state index in [9.17, 15) is 0 Å². The molecular weight excluding hydrogens is 240 g/mol. The lowest BCUT2D eigenvalue weighted by Gasteiger charge is -2.12. The van der Waals surface area contributed by atoms with Crippen molar-refractivity contribution in [2.75, 3.05) is 13.2 Å². The maximum Gasteiger partial charge on any atom is 0.248 e. The lowest BCUT2D eigenvalue weighted by Crippen LogP contribution is -2.25. The number of hydrogen-bond acceptors (Lipinski definition) is 4. The van der Waals surface area contributed by atoms with E-state index < -0.39 is 0 Å². The zero-order chi connectivity index (χ0) is 8.39. The van der Waals surface area contributed by atoms with E-state index in [1.807, 2.05) is 12.1 Å². The van der Waals surface area contributed by atoms with Crippen molar-refractivity contribution < 1.29 is 4.74 Å². The van der Waals surface area contributed by atoms with E-state index in [2.05, 4.69) is 26.5 Å². The summed E-state index contributed by atoms with van der Waals surface area (Å²) in [6.07, 6.45) is 0. The topological polar surface area (TPSA) is 33.6 Å². The Morgan fingerprint density at radius 2 is 2.50 bits per heavy atom. The van der Waals surface area contributed by atoms with Crippen LogP contribution >= 0.6 is 27.3 Å². The normalized spacial score (nSPS) is 16.2. The molecule has 0 aliphatic carbocycles. The number of hydrogen-bond donors (Lipinski definition) is 1. The molecule has 0 bridgehead atoms. The summed E-state index contributed by atoms with van der Waals surface area (Å²) in [5.74, 6) is 0.692. The van der Waals surface area contributed by atoms with Crippen LogP contribution in [0.25, 0.3) is 0 Å². The van der Waals surface area contributed by atoms with Gasteiger partial charge in [0.05, 0.1) is 15.2 Å². The van der Waals surface area contributed by atoms with Gasteiger partial charge in [0.2, 0.25) is 5.90 Å². The second-order valence-electron chi connectivity index (χ2n) is 2.28. The van der Waals surface area contributed by atoms with Crippen LogP contribution < -0.4 is 5.43 Å². The van der Waals surface area contributed by atoms with Crippen LogP contribution in [-0.4, -0.2) is 19.0 Å². The number of rotatable bonds is 1. The molecule has 0 radical (unpaired) electrons. The van der Waals surface area contributed by atoms with Crippen molar-refractivity contribution in [3.05, 3.63) is 20.8 Å². The molecule has 0 unspecified atom stereocenters. The molecule has 1 N–H and O–H groups in total. The second-order valence-corrected chi connectivity index (χ2v) is 4.74. The summed E-state index contributed by atoms with van der Waals surface area (Å²) >= 11 is 5.00. The molecule has 5 heteroatoms. The molecule has 1 aromatic rings. The molecule has 0 saturated carbocycles. The fraction of sp³-hybridized carbons (Fsp3) is 0.286. The number of hydrazone groups is 1. The largest absolute Gasteiger partial charge is 0.474 e. The summed E-state index contributed by atoms with van der Waals surface area (Å²) in [6, 6.07) is 3.97. The first-order chi connectivity index (χ1) is 5.86. The predicted octanol–water partition coefficient (Wildman–Crippen LogP) is 1.79. The zero-order valence-electron chi connectivity index (χ0n) is 6.21. The summed E-state index contributed by atoms with van der Waals surface area (Å²) in [5.41, 5.74) is 2.90. The highest BCUT2D eigenvalue weighted by molar-refractivity contribution is 9.11. The second kappa shape index (κ2) is 3.45. The molecule has 0 fully saturated rings. The van der Waals surface area contributed by atoms with Crippen molar-refractivity contribution in [3.8, 4) is 0 Å². The summed E-state index contributed by atoms with van der Waals surface area (Å²) in [4.78, 5) is 1.05. The van der Waals surface area contributed by atoms with Gasteiger partial charge in [0, 0.05) is 0 Å². The molecule has 0 amide bonds. The molecular formula is C7H7BrN2OS. The minimum Gasteiger partial charge on any atom is -0.474 e. The fourth-order valence-corrected chi connectivity index (χ4v) is 2.24. The van der Waals surface area contributed by atoms with Crippen LogP contribution in [0, 0.1) is 0 Å². The maximum atomic E-state index is 5.35. The molecule has 3 nitrogen and oxygen atoms in total. The average Bonchev–Trinajstić information content (AvgIpc) is 2.54. The first-order valence-corrected chi connectivity index (χ1v) is 5.16. The predicted molar refractivity (Wildman–Crippen MR) is 52.5 cm³/mol. The summed E-state index contributed by atoms with van der Waals surface area (Å²) < 4.78 is 6.45. The third-order valence-electron chi connectivity index (χ3n) is 1.42. The minimum absolute atomic E-state index is 0.689.